The van der Waals surface area contributed by atoms with Gasteiger partial charge in [-0.1, -0.05) is 25.0 Å². The van der Waals surface area contributed by atoms with E-state index in [0.29, 0.717) is 12.6 Å². The van der Waals surface area contributed by atoms with Crippen molar-refractivity contribution in [1.29, 1.82) is 0 Å². The van der Waals surface area contributed by atoms with E-state index in [1.165, 1.54) is 6.42 Å². The highest BCUT2D eigenvalue weighted by Crippen LogP contribution is 2.28. The summed E-state index contributed by atoms with van der Waals surface area (Å²) in [6, 6.07) is 0.633. The highest BCUT2D eigenvalue weighted by Gasteiger charge is 2.33. The molecule has 2 heterocycles. The standard InChI is InChI=1S/C16H28N4O.HI/c1-17-15(18-13-16(21)7-2-3-8-16)20-11-6-14(12-20)19-9-4-5-10-19;/h4-5,14,21H,2-3,6-13H2,1H3,(H,17,18);1H. The molecular formula is C16H29IN4O. The Morgan fingerprint density at radius 3 is 2.64 bits per heavy atom. The van der Waals surface area contributed by atoms with Gasteiger partial charge >= 0.3 is 0 Å². The Morgan fingerprint density at radius 1 is 1.32 bits per heavy atom. The molecule has 0 spiro atoms. The van der Waals surface area contributed by atoms with Crippen molar-refractivity contribution in [1.82, 2.24) is 15.1 Å². The number of halogens is 1. The highest BCUT2D eigenvalue weighted by atomic mass is 127. The second-order valence-corrected chi connectivity index (χ2v) is 6.65. The van der Waals surface area contributed by atoms with Gasteiger partial charge in [-0.3, -0.25) is 9.89 Å². The maximum atomic E-state index is 10.5. The van der Waals surface area contributed by atoms with Crippen molar-refractivity contribution in [3.05, 3.63) is 12.2 Å². The molecule has 0 radical (unpaired) electrons. The Kier molecular flexibility index (Phi) is 6.52. The molecule has 5 nitrogen and oxygen atoms in total. The molecule has 2 fully saturated rings. The topological polar surface area (TPSA) is 51.1 Å². The van der Waals surface area contributed by atoms with Crippen LogP contribution in [0.1, 0.15) is 32.1 Å². The van der Waals surface area contributed by atoms with E-state index in [4.69, 9.17) is 0 Å². The van der Waals surface area contributed by atoms with E-state index >= 15 is 0 Å². The van der Waals surface area contributed by atoms with Gasteiger partial charge in [-0.25, -0.2) is 0 Å². The molecule has 1 aliphatic carbocycles. The molecule has 1 saturated heterocycles. The van der Waals surface area contributed by atoms with Gasteiger partial charge in [0.1, 0.15) is 0 Å². The first kappa shape index (κ1) is 18.0. The molecule has 3 rings (SSSR count). The van der Waals surface area contributed by atoms with Crippen LogP contribution in [0.3, 0.4) is 0 Å². The zero-order valence-corrected chi connectivity index (χ0v) is 15.8. The lowest BCUT2D eigenvalue weighted by Crippen LogP contribution is -2.48. The van der Waals surface area contributed by atoms with E-state index in [2.05, 4.69) is 32.3 Å². The number of nitrogens with one attached hydrogen (secondary N) is 1. The molecule has 0 bridgehead atoms. The number of aliphatic hydroxyl groups is 1. The first-order valence-electron chi connectivity index (χ1n) is 8.27. The molecule has 6 heteroatoms. The van der Waals surface area contributed by atoms with Gasteiger partial charge in [0.15, 0.2) is 5.96 Å². The third kappa shape index (κ3) is 4.14. The van der Waals surface area contributed by atoms with Crippen molar-refractivity contribution in [3.63, 3.8) is 0 Å². The quantitative estimate of drug-likeness (QED) is 0.314. The Morgan fingerprint density at radius 2 is 2.00 bits per heavy atom. The second kappa shape index (κ2) is 7.97. The van der Waals surface area contributed by atoms with Gasteiger partial charge in [0.25, 0.3) is 0 Å². The van der Waals surface area contributed by atoms with Crippen molar-refractivity contribution in [2.75, 3.05) is 39.8 Å². The lowest BCUT2D eigenvalue weighted by Gasteiger charge is -2.28. The van der Waals surface area contributed by atoms with Crippen LogP contribution >= 0.6 is 24.0 Å². The minimum atomic E-state index is -0.520. The predicted molar refractivity (Wildman–Crippen MR) is 101 cm³/mol. The van der Waals surface area contributed by atoms with Gasteiger partial charge in [0.2, 0.25) is 0 Å². The molecule has 22 heavy (non-hydrogen) atoms. The summed E-state index contributed by atoms with van der Waals surface area (Å²) < 4.78 is 0. The van der Waals surface area contributed by atoms with Crippen LogP contribution < -0.4 is 5.32 Å². The predicted octanol–water partition coefficient (Wildman–Crippen LogP) is 1.43. The molecule has 1 unspecified atom stereocenters. The molecule has 0 aromatic rings. The van der Waals surface area contributed by atoms with E-state index in [1.54, 1.807) is 0 Å². The molecule has 2 aliphatic heterocycles. The molecule has 0 aromatic carbocycles. The third-order valence-electron chi connectivity index (χ3n) is 5.15. The maximum absolute atomic E-state index is 10.5. The normalized spacial score (nSPS) is 28.2. The number of likely N-dealkylation sites (tertiary alicyclic amines) is 1. The van der Waals surface area contributed by atoms with Gasteiger partial charge < -0.3 is 15.3 Å². The van der Waals surface area contributed by atoms with Crippen molar-refractivity contribution in [2.24, 2.45) is 4.99 Å². The van der Waals surface area contributed by atoms with Gasteiger partial charge in [-0.15, -0.1) is 24.0 Å². The first-order valence-corrected chi connectivity index (χ1v) is 8.27. The van der Waals surface area contributed by atoms with Crippen LogP contribution in [0.15, 0.2) is 17.1 Å². The van der Waals surface area contributed by atoms with Crippen LogP contribution in [0.4, 0.5) is 0 Å². The Balaban J connectivity index is 0.00000176. The van der Waals surface area contributed by atoms with Crippen LogP contribution in [0.25, 0.3) is 0 Å². The Bertz CT molecular complexity index is 412. The van der Waals surface area contributed by atoms with Crippen molar-refractivity contribution < 1.29 is 5.11 Å². The molecule has 0 amide bonds. The summed E-state index contributed by atoms with van der Waals surface area (Å²) in [6.45, 7) is 4.90. The van der Waals surface area contributed by atoms with Gasteiger partial charge in [-0.05, 0) is 19.3 Å². The van der Waals surface area contributed by atoms with Crippen LogP contribution in [-0.4, -0.2) is 72.3 Å². The van der Waals surface area contributed by atoms with E-state index in [0.717, 1.165) is 57.8 Å². The molecule has 1 saturated carbocycles. The number of hydrogen-bond acceptors (Lipinski definition) is 3. The fraction of sp³-hybridized carbons (Fsp3) is 0.812. The Hall–Kier alpha value is -0.340. The molecule has 1 atom stereocenters. The van der Waals surface area contributed by atoms with Crippen molar-refractivity contribution in [3.8, 4) is 0 Å². The average molecular weight is 420 g/mol. The van der Waals surface area contributed by atoms with Crippen LogP contribution in [0, 0.1) is 0 Å². The van der Waals surface area contributed by atoms with Crippen molar-refractivity contribution >= 4 is 29.9 Å². The summed E-state index contributed by atoms with van der Waals surface area (Å²) >= 11 is 0. The fourth-order valence-corrected chi connectivity index (χ4v) is 3.81. The van der Waals surface area contributed by atoms with E-state index < -0.39 is 5.60 Å². The lowest BCUT2D eigenvalue weighted by molar-refractivity contribution is 0.0516. The smallest absolute Gasteiger partial charge is 0.193 e. The second-order valence-electron chi connectivity index (χ2n) is 6.65. The number of aliphatic imine (C=N–C) groups is 1. The highest BCUT2D eigenvalue weighted by molar-refractivity contribution is 14.0. The molecule has 0 aromatic heterocycles. The molecular weight excluding hydrogens is 391 g/mol. The number of guanidine groups is 1. The first-order chi connectivity index (χ1) is 10.2. The van der Waals surface area contributed by atoms with Crippen molar-refractivity contribution in [2.45, 2.75) is 43.7 Å². The number of hydrogen-bond donors (Lipinski definition) is 2. The summed E-state index contributed by atoms with van der Waals surface area (Å²) in [4.78, 5) is 9.27. The summed E-state index contributed by atoms with van der Waals surface area (Å²) in [5.74, 6) is 0.949. The minimum absolute atomic E-state index is 0. The van der Waals surface area contributed by atoms with Crippen LogP contribution in [0.2, 0.25) is 0 Å². The molecule has 126 valence electrons. The molecule has 3 aliphatic rings. The zero-order valence-electron chi connectivity index (χ0n) is 13.5. The minimum Gasteiger partial charge on any atom is -0.388 e. The van der Waals surface area contributed by atoms with Gasteiger partial charge in [0.05, 0.1) is 5.60 Å². The summed E-state index contributed by atoms with van der Waals surface area (Å²) in [5.41, 5.74) is -0.520. The zero-order chi connectivity index (χ0) is 14.7. The van der Waals surface area contributed by atoms with Crippen LogP contribution in [0.5, 0.6) is 0 Å². The Labute approximate surface area is 150 Å². The maximum Gasteiger partial charge on any atom is 0.193 e. The van der Waals surface area contributed by atoms with E-state index in [1.807, 2.05) is 7.05 Å². The van der Waals surface area contributed by atoms with Crippen LogP contribution in [-0.2, 0) is 0 Å². The van der Waals surface area contributed by atoms with E-state index in [9.17, 15) is 5.11 Å². The lowest BCUT2D eigenvalue weighted by atomic mass is 10.0. The van der Waals surface area contributed by atoms with E-state index in [-0.39, 0.29) is 24.0 Å². The summed E-state index contributed by atoms with van der Waals surface area (Å²) in [6.07, 6.45) is 9.83. The average Bonchev–Trinajstić information content (AvgIpc) is 3.20. The number of rotatable bonds is 3. The fourth-order valence-electron chi connectivity index (χ4n) is 3.81. The largest absolute Gasteiger partial charge is 0.388 e. The molecule has 2 N–H and O–H groups in total. The summed E-state index contributed by atoms with van der Waals surface area (Å²) in [7, 11) is 1.84. The third-order valence-corrected chi connectivity index (χ3v) is 5.15. The van der Waals surface area contributed by atoms with Gasteiger partial charge in [0, 0.05) is 45.8 Å². The summed E-state index contributed by atoms with van der Waals surface area (Å²) in [5, 5.41) is 13.8. The SMILES string of the molecule is CN=C(NCC1(O)CCCC1)N1CCC(N2CC=CC2)C1.I. The number of nitrogens with zero attached hydrogens (tertiary/aromatic N) is 3. The monoisotopic (exact) mass is 420 g/mol. The van der Waals surface area contributed by atoms with Gasteiger partial charge in [-0.2, -0.15) is 0 Å².